The average Bonchev–Trinajstić information content (AvgIpc) is 3.29. The summed E-state index contributed by atoms with van der Waals surface area (Å²) in [6.45, 7) is 4.48. The molecule has 1 N–H and O–H groups in total. The number of nitrogens with zero attached hydrogens (tertiary/aromatic N) is 4. The van der Waals surface area contributed by atoms with Crippen molar-refractivity contribution in [3.63, 3.8) is 0 Å². The molecule has 1 aliphatic rings. The van der Waals surface area contributed by atoms with Gasteiger partial charge in [-0.2, -0.15) is 10.2 Å². The summed E-state index contributed by atoms with van der Waals surface area (Å²) in [5, 5.41) is 11.8. The van der Waals surface area contributed by atoms with Crippen molar-refractivity contribution in [1.82, 2.24) is 24.9 Å². The van der Waals surface area contributed by atoms with Gasteiger partial charge in [-0.05, 0) is 51.3 Å². The van der Waals surface area contributed by atoms with E-state index in [1.165, 1.54) is 5.69 Å². The van der Waals surface area contributed by atoms with Crippen molar-refractivity contribution in [3.8, 4) is 0 Å². The van der Waals surface area contributed by atoms with Crippen LogP contribution in [0, 0.1) is 13.8 Å². The summed E-state index contributed by atoms with van der Waals surface area (Å²) in [6, 6.07) is 5.57. The molecule has 4 rings (SSSR count). The summed E-state index contributed by atoms with van der Waals surface area (Å²) in [4.78, 5) is 12.6. The molecule has 0 fully saturated rings. The Hall–Kier alpha value is -2.83. The molecular weight excluding hydrogens is 330 g/mol. The highest BCUT2D eigenvalue weighted by molar-refractivity contribution is 5.91. The van der Waals surface area contributed by atoms with Gasteiger partial charge in [0.1, 0.15) is 5.76 Å². The topological polar surface area (TPSA) is 77.9 Å². The molecule has 7 heteroatoms. The Morgan fingerprint density at radius 1 is 1.38 bits per heavy atom. The van der Waals surface area contributed by atoms with E-state index < -0.39 is 0 Å². The molecule has 0 radical (unpaired) electrons. The van der Waals surface area contributed by atoms with E-state index in [2.05, 4.69) is 15.5 Å². The Morgan fingerprint density at radius 2 is 2.23 bits per heavy atom. The fraction of sp³-hybridized carbons (Fsp3) is 0.421. The zero-order valence-electron chi connectivity index (χ0n) is 15.3. The molecule has 0 spiro atoms. The number of aromatic nitrogens is 4. The maximum atomic E-state index is 12.6. The first-order chi connectivity index (χ1) is 12.5. The zero-order valence-corrected chi connectivity index (χ0v) is 15.3. The highest BCUT2D eigenvalue weighted by Crippen LogP contribution is 2.29. The predicted octanol–water partition coefficient (Wildman–Crippen LogP) is 2.68. The van der Waals surface area contributed by atoms with Gasteiger partial charge in [0.15, 0.2) is 5.76 Å². The number of aryl methyl sites for hydroxylation is 3. The van der Waals surface area contributed by atoms with Gasteiger partial charge < -0.3 is 9.73 Å². The number of carbonyl (C=O) groups is 1. The van der Waals surface area contributed by atoms with Gasteiger partial charge in [-0.25, -0.2) is 0 Å². The molecule has 0 saturated heterocycles. The lowest BCUT2D eigenvalue weighted by molar-refractivity contribution is 0.0902. The van der Waals surface area contributed by atoms with Gasteiger partial charge in [0.2, 0.25) is 0 Å². The predicted molar refractivity (Wildman–Crippen MR) is 95.9 cm³/mol. The Labute approximate surface area is 152 Å². The van der Waals surface area contributed by atoms with Crippen LogP contribution in [0.1, 0.15) is 57.8 Å². The van der Waals surface area contributed by atoms with Crippen LogP contribution in [0.4, 0.5) is 0 Å². The molecule has 3 heterocycles. The Bertz CT molecular complexity index is 949. The number of nitrogens with one attached hydrogen (secondary N) is 1. The first-order valence-corrected chi connectivity index (χ1v) is 8.92. The SMILES string of the molecule is Cc1cc(C)n(Cc2ccc(C(=O)N[C@H]3CCCc4c3cnn4C)o2)n1. The van der Waals surface area contributed by atoms with Gasteiger partial charge in [-0.15, -0.1) is 0 Å². The van der Waals surface area contributed by atoms with Crippen LogP contribution in [0.3, 0.4) is 0 Å². The van der Waals surface area contributed by atoms with E-state index in [4.69, 9.17) is 4.42 Å². The minimum Gasteiger partial charge on any atom is -0.454 e. The van der Waals surface area contributed by atoms with E-state index in [0.29, 0.717) is 18.1 Å². The van der Waals surface area contributed by atoms with Crippen molar-refractivity contribution in [1.29, 1.82) is 0 Å². The minimum atomic E-state index is -0.189. The van der Waals surface area contributed by atoms with Crippen LogP contribution in [-0.2, 0) is 20.0 Å². The number of carbonyl (C=O) groups excluding carboxylic acids is 1. The second-order valence-electron chi connectivity index (χ2n) is 6.94. The van der Waals surface area contributed by atoms with Crippen molar-refractivity contribution >= 4 is 5.91 Å². The highest BCUT2D eigenvalue weighted by atomic mass is 16.4. The third-order valence-corrected chi connectivity index (χ3v) is 4.98. The second-order valence-corrected chi connectivity index (χ2v) is 6.94. The number of rotatable bonds is 4. The third kappa shape index (κ3) is 3.05. The van der Waals surface area contributed by atoms with Gasteiger partial charge >= 0.3 is 0 Å². The maximum absolute atomic E-state index is 12.6. The van der Waals surface area contributed by atoms with Crippen molar-refractivity contribution in [3.05, 3.63) is 58.6 Å². The smallest absolute Gasteiger partial charge is 0.287 e. The van der Waals surface area contributed by atoms with Crippen LogP contribution in [0.15, 0.2) is 28.8 Å². The van der Waals surface area contributed by atoms with E-state index in [1.54, 1.807) is 6.07 Å². The quantitative estimate of drug-likeness (QED) is 0.782. The first kappa shape index (κ1) is 16.6. The second kappa shape index (κ2) is 6.48. The number of hydrogen-bond donors (Lipinski definition) is 1. The Morgan fingerprint density at radius 3 is 3.00 bits per heavy atom. The lowest BCUT2D eigenvalue weighted by atomic mass is 9.93. The summed E-state index contributed by atoms with van der Waals surface area (Å²) in [5.74, 6) is 0.857. The summed E-state index contributed by atoms with van der Waals surface area (Å²) in [7, 11) is 1.95. The fourth-order valence-electron chi connectivity index (χ4n) is 3.65. The van der Waals surface area contributed by atoms with Gasteiger partial charge in [0.05, 0.1) is 24.5 Å². The minimum absolute atomic E-state index is 0.00971. The van der Waals surface area contributed by atoms with Crippen LogP contribution < -0.4 is 5.32 Å². The summed E-state index contributed by atoms with van der Waals surface area (Å²) in [5.41, 5.74) is 4.35. The number of amides is 1. The van der Waals surface area contributed by atoms with Gasteiger partial charge in [-0.3, -0.25) is 14.2 Å². The molecule has 1 aliphatic carbocycles. The highest BCUT2D eigenvalue weighted by Gasteiger charge is 2.26. The van der Waals surface area contributed by atoms with E-state index in [1.807, 2.05) is 48.6 Å². The van der Waals surface area contributed by atoms with Crippen LogP contribution in [0.25, 0.3) is 0 Å². The standard InChI is InChI=1S/C19H23N5O2/c1-12-9-13(2)24(22-12)11-14-7-8-18(26-14)19(25)21-16-5-4-6-17-15(16)10-20-23(17)3/h7-10,16H,4-6,11H2,1-3H3,(H,21,25)/t16-/m0/s1. The van der Waals surface area contributed by atoms with Crippen molar-refractivity contribution in [2.75, 3.05) is 0 Å². The molecule has 3 aromatic rings. The molecule has 1 amide bonds. The zero-order chi connectivity index (χ0) is 18.3. The van der Waals surface area contributed by atoms with Crippen LogP contribution in [0.2, 0.25) is 0 Å². The van der Waals surface area contributed by atoms with E-state index in [9.17, 15) is 4.79 Å². The van der Waals surface area contributed by atoms with Crippen molar-refractivity contribution in [2.24, 2.45) is 7.05 Å². The lowest BCUT2D eigenvalue weighted by Crippen LogP contribution is -2.30. The monoisotopic (exact) mass is 353 g/mol. The fourth-order valence-corrected chi connectivity index (χ4v) is 3.65. The Kier molecular flexibility index (Phi) is 4.14. The van der Waals surface area contributed by atoms with Crippen molar-refractivity contribution in [2.45, 2.75) is 45.7 Å². The molecule has 0 bridgehead atoms. The number of hydrogen-bond acceptors (Lipinski definition) is 4. The lowest BCUT2D eigenvalue weighted by Gasteiger charge is -2.23. The van der Waals surface area contributed by atoms with E-state index in [-0.39, 0.29) is 11.9 Å². The Balaban J connectivity index is 1.46. The molecule has 136 valence electrons. The summed E-state index contributed by atoms with van der Waals surface area (Å²) in [6.07, 6.45) is 4.82. The molecule has 1 atom stereocenters. The maximum Gasteiger partial charge on any atom is 0.287 e. The van der Waals surface area contributed by atoms with E-state index in [0.717, 1.165) is 36.2 Å². The number of fused-ring (bicyclic) bond motifs is 1. The van der Waals surface area contributed by atoms with Gasteiger partial charge in [0.25, 0.3) is 5.91 Å². The largest absolute Gasteiger partial charge is 0.454 e. The van der Waals surface area contributed by atoms with Crippen LogP contribution in [-0.4, -0.2) is 25.5 Å². The molecule has 7 nitrogen and oxygen atoms in total. The molecule has 3 aromatic heterocycles. The molecule has 0 aromatic carbocycles. The van der Waals surface area contributed by atoms with Crippen LogP contribution in [0.5, 0.6) is 0 Å². The van der Waals surface area contributed by atoms with E-state index >= 15 is 0 Å². The third-order valence-electron chi connectivity index (χ3n) is 4.98. The normalized spacial score (nSPS) is 16.5. The molecule has 26 heavy (non-hydrogen) atoms. The molecular formula is C19H23N5O2. The average molecular weight is 353 g/mol. The number of furan rings is 1. The summed E-state index contributed by atoms with van der Waals surface area (Å²) >= 11 is 0. The van der Waals surface area contributed by atoms with Gasteiger partial charge in [-0.1, -0.05) is 0 Å². The summed E-state index contributed by atoms with van der Waals surface area (Å²) < 4.78 is 9.52. The van der Waals surface area contributed by atoms with Crippen LogP contribution >= 0.6 is 0 Å². The van der Waals surface area contributed by atoms with Crippen molar-refractivity contribution < 1.29 is 9.21 Å². The first-order valence-electron chi connectivity index (χ1n) is 8.92. The molecule has 0 saturated carbocycles. The van der Waals surface area contributed by atoms with Gasteiger partial charge in [0, 0.05) is 24.0 Å². The molecule has 0 unspecified atom stereocenters. The molecule has 0 aliphatic heterocycles.